The lowest BCUT2D eigenvalue weighted by Crippen LogP contribution is -2.27. The fraction of sp³-hybridized carbons (Fsp3) is 0.238. The molecule has 1 aliphatic heterocycles. The summed E-state index contributed by atoms with van der Waals surface area (Å²) in [7, 11) is 1.58. The summed E-state index contributed by atoms with van der Waals surface area (Å²) in [6.45, 7) is 4.63. The Balaban J connectivity index is 1.83. The predicted octanol–water partition coefficient (Wildman–Crippen LogP) is 5.24. The highest BCUT2D eigenvalue weighted by Crippen LogP contribution is 2.37. The van der Waals surface area contributed by atoms with E-state index >= 15 is 0 Å². The van der Waals surface area contributed by atoms with Gasteiger partial charge in [0.15, 0.2) is 11.5 Å². The van der Waals surface area contributed by atoms with Crippen molar-refractivity contribution < 1.29 is 19.1 Å². The molecule has 0 aliphatic carbocycles. The van der Waals surface area contributed by atoms with Crippen molar-refractivity contribution in [1.82, 2.24) is 4.90 Å². The van der Waals surface area contributed by atoms with Crippen molar-refractivity contribution in [2.45, 2.75) is 20.5 Å². The third-order valence-electron chi connectivity index (χ3n) is 4.24. The highest BCUT2D eigenvalue weighted by atomic mass is 127. The average Bonchev–Trinajstić information content (AvgIpc) is 2.94. The molecule has 1 saturated heterocycles. The van der Waals surface area contributed by atoms with E-state index in [1.807, 2.05) is 43.3 Å². The Hall–Kier alpha value is -2.00. The number of methoxy groups -OCH3 is 1. The Bertz CT molecular complexity index is 940. The minimum absolute atomic E-state index is 0.238. The number of carbonyl (C=O) groups excluding carboxylic acids is 2. The Morgan fingerprint density at radius 3 is 2.50 bits per heavy atom. The third kappa shape index (κ3) is 4.52. The van der Waals surface area contributed by atoms with Crippen molar-refractivity contribution in [3.63, 3.8) is 0 Å². The molecule has 2 amide bonds. The maximum absolute atomic E-state index is 12.3. The summed E-state index contributed by atoms with van der Waals surface area (Å²) < 4.78 is 12.4. The van der Waals surface area contributed by atoms with Crippen LogP contribution in [0.5, 0.6) is 11.5 Å². The summed E-state index contributed by atoms with van der Waals surface area (Å²) in [6, 6.07) is 11.9. The topological polar surface area (TPSA) is 55.8 Å². The van der Waals surface area contributed by atoms with Crippen molar-refractivity contribution in [2.24, 2.45) is 0 Å². The molecule has 5 nitrogen and oxygen atoms in total. The third-order valence-corrected chi connectivity index (χ3v) is 5.95. The van der Waals surface area contributed by atoms with Gasteiger partial charge in [-0.15, -0.1) is 0 Å². The molecule has 0 saturated carbocycles. The van der Waals surface area contributed by atoms with Gasteiger partial charge in [-0.05, 0) is 77.5 Å². The molecular formula is C21H20INO4S. The quantitative estimate of drug-likeness (QED) is 0.394. The fourth-order valence-electron chi connectivity index (χ4n) is 2.73. The molecule has 146 valence electrons. The van der Waals surface area contributed by atoms with Gasteiger partial charge in [-0.25, -0.2) is 0 Å². The number of ether oxygens (including phenoxy) is 2. The van der Waals surface area contributed by atoms with Gasteiger partial charge < -0.3 is 9.47 Å². The SMILES string of the molecule is CCN1C(=O)S/C(=C/c2cc(I)c(OCc3ccc(C)cc3)c(OC)c2)C1=O. The van der Waals surface area contributed by atoms with Gasteiger partial charge in [0, 0.05) is 6.54 Å². The number of rotatable bonds is 6. The number of hydrogen-bond acceptors (Lipinski definition) is 5. The second-order valence-electron chi connectivity index (χ2n) is 6.23. The van der Waals surface area contributed by atoms with E-state index < -0.39 is 0 Å². The number of amides is 2. The highest BCUT2D eigenvalue weighted by Gasteiger charge is 2.33. The van der Waals surface area contributed by atoms with Gasteiger partial charge in [0.25, 0.3) is 11.1 Å². The number of likely N-dealkylation sites (N-methyl/N-ethyl adjacent to an activating group) is 1. The van der Waals surface area contributed by atoms with E-state index in [0.717, 1.165) is 26.5 Å². The first-order chi connectivity index (χ1) is 13.4. The van der Waals surface area contributed by atoms with Gasteiger partial charge in [0.1, 0.15) is 6.61 Å². The van der Waals surface area contributed by atoms with Crippen LogP contribution in [-0.4, -0.2) is 29.7 Å². The second kappa shape index (κ2) is 9.00. The molecule has 0 unspecified atom stereocenters. The van der Waals surface area contributed by atoms with Crippen molar-refractivity contribution in [3.05, 3.63) is 61.6 Å². The molecule has 7 heteroatoms. The first kappa shape index (κ1) is 20.7. The van der Waals surface area contributed by atoms with Gasteiger partial charge in [-0.3, -0.25) is 14.5 Å². The van der Waals surface area contributed by atoms with Crippen LogP contribution in [0.3, 0.4) is 0 Å². The highest BCUT2D eigenvalue weighted by molar-refractivity contribution is 14.1. The lowest BCUT2D eigenvalue weighted by atomic mass is 10.1. The van der Waals surface area contributed by atoms with Gasteiger partial charge in [-0.1, -0.05) is 29.8 Å². The molecule has 1 fully saturated rings. The van der Waals surface area contributed by atoms with E-state index in [9.17, 15) is 9.59 Å². The van der Waals surface area contributed by atoms with E-state index in [4.69, 9.17) is 9.47 Å². The zero-order chi connectivity index (χ0) is 20.3. The zero-order valence-corrected chi connectivity index (χ0v) is 18.8. The summed E-state index contributed by atoms with van der Waals surface area (Å²) >= 11 is 3.14. The minimum atomic E-state index is -0.258. The van der Waals surface area contributed by atoms with Crippen LogP contribution in [0.1, 0.15) is 23.6 Å². The largest absolute Gasteiger partial charge is 0.493 e. The maximum Gasteiger partial charge on any atom is 0.293 e. The van der Waals surface area contributed by atoms with Crippen LogP contribution < -0.4 is 9.47 Å². The Kier molecular flexibility index (Phi) is 6.66. The van der Waals surface area contributed by atoms with E-state index in [0.29, 0.717) is 29.6 Å². The zero-order valence-electron chi connectivity index (χ0n) is 15.8. The van der Waals surface area contributed by atoms with Crippen LogP contribution in [0.25, 0.3) is 6.08 Å². The maximum atomic E-state index is 12.3. The molecule has 0 atom stereocenters. The fourth-order valence-corrected chi connectivity index (χ4v) is 4.41. The minimum Gasteiger partial charge on any atom is -0.493 e. The van der Waals surface area contributed by atoms with Crippen molar-refractivity contribution in [3.8, 4) is 11.5 Å². The summed E-state index contributed by atoms with van der Waals surface area (Å²) in [5.74, 6) is 0.980. The van der Waals surface area contributed by atoms with Crippen LogP contribution in [0, 0.1) is 10.5 Å². The molecule has 0 bridgehead atoms. The Labute approximate surface area is 182 Å². The monoisotopic (exact) mass is 509 g/mol. The number of aryl methyl sites for hydroxylation is 1. The van der Waals surface area contributed by atoms with Crippen LogP contribution in [0.4, 0.5) is 4.79 Å². The van der Waals surface area contributed by atoms with Gasteiger partial charge in [0.05, 0.1) is 15.6 Å². The molecule has 28 heavy (non-hydrogen) atoms. The van der Waals surface area contributed by atoms with Crippen LogP contribution >= 0.6 is 34.4 Å². The lowest BCUT2D eigenvalue weighted by Gasteiger charge is -2.14. The normalized spacial score (nSPS) is 15.4. The number of halogens is 1. The number of hydrogen-bond donors (Lipinski definition) is 0. The van der Waals surface area contributed by atoms with Crippen molar-refractivity contribution >= 4 is 51.6 Å². The molecule has 0 spiro atoms. The van der Waals surface area contributed by atoms with Crippen molar-refractivity contribution in [2.75, 3.05) is 13.7 Å². The molecular weight excluding hydrogens is 489 g/mol. The van der Waals surface area contributed by atoms with Crippen molar-refractivity contribution in [1.29, 1.82) is 0 Å². The molecule has 1 aliphatic rings. The summed E-state index contributed by atoms with van der Waals surface area (Å²) in [4.78, 5) is 25.8. The van der Waals surface area contributed by atoms with E-state index in [-0.39, 0.29) is 11.1 Å². The molecule has 0 radical (unpaired) electrons. The molecule has 0 aromatic heterocycles. The second-order valence-corrected chi connectivity index (χ2v) is 8.39. The van der Waals surface area contributed by atoms with Crippen LogP contribution in [0.2, 0.25) is 0 Å². The summed E-state index contributed by atoms with van der Waals surface area (Å²) in [5.41, 5.74) is 3.05. The smallest absolute Gasteiger partial charge is 0.293 e. The van der Waals surface area contributed by atoms with E-state index in [2.05, 4.69) is 22.6 Å². The summed E-state index contributed by atoms with van der Waals surface area (Å²) in [6.07, 6.45) is 1.72. The molecule has 2 aromatic rings. The van der Waals surface area contributed by atoms with Gasteiger partial charge >= 0.3 is 0 Å². The number of benzene rings is 2. The Morgan fingerprint density at radius 1 is 1.18 bits per heavy atom. The molecule has 0 N–H and O–H groups in total. The molecule has 3 rings (SSSR count). The number of thioether (sulfide) groups is 1. The average molecular weight is 509 g/mol. The summed E-state index contributed by atoms with van der Waals surface area (Å²) in [5, 5.41) is -0.238. The van der Waals surface area contributed by atoms with E-state index in [1.165, 1.54) is 10.5 Å². The Morgan fingerprint density at radius 2 is 1.89 bits per heavy atom. The molecule has 1 heterocycles. The van der Waals surface area contributed by atoms with Gasteiger partial charge in [0.2, 0.25) is 0 Å². The number of nitrogens with zero attached hydrogens (tertiary/aromatic N) is 1. The first-order valence-electron chi connectivity index (χ1n) is 8.74. The molecule has 2 aromatic carbocycles. The first-order valence-corrected chi connectivity index (χ1v) is 10.6. The lowest BCUT2D eigenvalue weighted by molar-refractivity contribution is -0.122. The standard InChI is InChI=1S/C21H20INO4S/c1-4-23-20(24)18(28-21(23)25)11-15-9-16(22)19(17(10-15)26-3)27-12-14-7-5-13(2)6-8-14/h5-11H,4,12H2,1-3H3/b18-11+. The van der Waals surface area contributed by atoms with E-state index in [1.54, 1.807) is 20.1 Å². The van der Waals surface area contributed by atoms with Crippen LogP contribution in [-0.2, 0) is 11.4 Å². The number of imide groups is 1. The van der Waals surface area contributed by atoms with Gasteiger partial charge in [-0.2, -0.15) is 0 Å². The van der Waals surface area contributed by atoms with Crippen LogP contribution in [0.15, 0.2) is 41.3 Å². The predicted molar refractivity (Wildman–Crippen MR) is 120 cm³/mol. The number of carbonyl (C=O) groups is 2.